The molecule has 2 aromatic heterocycles. The van der Waals surface area contributed by atoms with Gasteiger partial charge in [-0.05, 0) is 48.6 Å². The first-order valence-electron chi connectivity index (χ1n) is 9.05. The number of aromatic nitrogens is 2. The number of hydrogen-bond acceptors (Lipinski definition) is 6. The van der Waals surface area contributed by atoms with Crippen molar-refractivity contribution in [3.05, 3.63) is 58.8 Å². The summed E-state index contributed by atoms with van der Waals surface area (Å²) in [5.74, 6) is -0.428. The van der Waals surface area contributed by atoms with Crippen LogP contribution in [0.1, 0.15) is 24.4 Å². The quantitative estimate of drug-likeness (QED) is 0.699. The second-order valence-corrected chi connectivity index (χ2v) is 8.61. The van der Waals surface area contributed by atoms with Crippen LogP contribution in [-0.4, -0.2) is 31.2 Å². The molecule has 1 N–H and O–H groups in total. The van der Waals surface area contributed by atoms with Crippen LogP contribution in [0.15, 0.2) is 56.8 Å². The predicted molar refractivity (Wildman–Crippen MR) is 102 cm³/mol. The number of oxazole rings is 1. The van der Waals surface area contributed by atoms with Crippen LogP contribution < -0.4 is 10.5 Å². The summed E-state index contributed by atoms with van der Waals surface area (Å²) in [6.45, 7) is 1.21. The fourth-order valence-electron chi connectivity index (χ4n) is 3.55. The number of fused-ring (bicyclic) bond motifs is 1. The van der Waals surface area contributed by atoms with Crippen LogP contribution >= 0.6 is 0 Å². The number of pyridine rings is 1. The second kappa shape index (κ2) is 7.50. The minimum atomic E-state index is -3.83. The zero-order chi connectivity index (χ0) is 19.7. The minimum absolute atomic E-state index is 0.0809. The number of nitrogens with zero attached hydrogens (tertiary/aromatic N) is 2. The third-order valence-electron chi connectivity index (χ3n) is 5.14. The predicted octanol–water partition coefficient (Wildman–Crippen LogP) is 1.97. The van der Waals surface area contributed by atoms with Gasteiger partial charge in [-0.15, -0.1) is 0 Å². The first-order valence-corrected chi connectivity index (χ1v) is 10.5. The zero-order valence-corrected chi connectivity index (χ0v) is 16.2. The van der Waals surface area contributed by atoms with Crippen molar-refractivity contribution in [2.45, 2.75) is 23.8 Å². The van der Waals surface area contributed by atoms with Gasteiger partial charge in [-0.2, -0.15) is 0 Å². The zero-order valence-electron chi connectivity index (χ0n) is 15.4. The molecule has 1 aliphatic heterocycles. The SMILES string of the molecule is Cn1c(=O)oc2ccc(S(=O)(=O)N[C@H](c3cccnc3)C3CCOCC3)cc21. The van der Waals surface area contributed by atoms with Gasteiger partial charge in [0.05, 0.1) is 16.5 Å². The number of ether oxygens (including phenoxy) is 1. The van der Waals surface area contributed by atoms with Crippen molar-refractivity contribution in [2.24, 2.45) is 13.0 Å². The largest absolute Gasteiger partial charge is 0.419 e. The molecule has 0 bridgehead atoms. The molecular weight excluding hydrogens is 382 g/mol. The highest BCUT2D eigenvalue weighted by Crippen LogP contribution is 2.31. The number of hydrogen-bond donors (Lipinski definition) is 1. The highest BCUT2D eigenvalue weighted by Gasteiger charge is 2.30. The lowest BCUT2D eigenvalue weighted by Crippen LogP contribution is -2.36. The molecule has 0 unspecified atom stereocenters. The van der Waals surface area contributed by atoms with Gasteiger partial charge in [-0.3, -0.25) is 9.55 Å². The van der Waals surface area contributed by atoms with Crippen molar-refractivity contribution in [3.63, 3.8) is 0 Å². The molecule has 1 aromatic carbocycles. The van der Waals surface area contributed by atoms with E-state index in [2.05, 4.69) is 9.71 Å². The maximum atomic E-state index is 13.1. The van der Waals surface area contributed by atoms with Crippen LogP contribution in [-0.2, 0) is 21.8 Å². The smallest absolute Gasteiger partial charge is 0.408 e. The van der Waals surface area contributed by atoms with E-state index in [1.807, 2.05) is 6.07 Å². The summed E-state index contributed by atoms with van der Waals surface area (Å²) < 4.78 is 40.9. The molecule has 8 nitrogen and oxygen atoms in total. The van der Waals surface area contributed by atoms with Crippen LogP contribution in [0.3, 0.4) is 0 Å². The maximum Gasteiger partial charge on any atom is 0.419 e. The Kier molecular flexibility index (Phi) is 5.05. The molecule has 4 rings (SSSR count). The van der Waals surface area contributed by atoms with Gasteiger partial charge in [0, 0.05) is 32.7 Å². The summed E-state index contributed by atoms with van der Waals surface area (Å²) in [5, 5.41) is 0. The van der Waals surface area contributed by atoms with E-state index in [0.717, 1.165) is 18.4 Å². The Morgan fingerprint density at radius 2 is 2.04 bits per heavy atom. The number of aryl methyl sites for hydroxylation is 1. The van der Waals surface area contributed by atoms with Crippen LogP contribution in [0.4, 0.5) is 0 Å². The number of nitrogens with one attached hydrogen (secondary N) is 1. The Labute approximate surface area is 162 Å². The molecule has 0 saturated carbocycles. The van der Waals surface area contributed by atoms with Gasteiger partial charge in [0.2, 0.25) is 10.0 Å². The monoisotopic (exact) mass is 403 g/mol. The number of sulfonamides is 1. The van der Waals surface area contributed by atoms with Crippen molar-refractivity contribution in [3.8, 4) is 0 Å². The Hall–Kier alpha value is -2.49. The van der Waals surface area contributed by atoms with E-state index in [9.17, 15) is 13.2 Å². The maximum absolute atomic E-state index is 13.1. The lowest BCUT2D eigenvalue weighted by molar-refractivity contribution is 0.0564. The van der Waals surface area contributed by atoms with Crippen molar-refractivity contribution >= 4 is 21.1 Å². The molecule has 9 heteroatoms. The number of benzene rings is 1. The molecule has 0 aliphatic carbocycles. The normalized spacial score (nSPS) is 17.0. The van der Waals surface area contributed by atoms with Crippen molar-refractivity contribution in [1.29, 1.82) is 0 Å². The van der Waals surface area contributed by atoms with E-state index in [4.69, 9.17) is 9.15 Å². The highest BCUT2D eigenvalue weighted by atomic mass is 32.2. The Morgan fingerprint density at radius 1 is 1.25 bits per heavy atom. The lowest BCUT2D eigenvalue weighted by atomic mass is 9.88. The summed E-state index contributed by atoms with van der Waals surface area (Å²) in [6, 6.07) is 7.65. The highest BCUT2D eigenvalue weighted by molar-refractivity contribution is 7.89. The average molecular weight is 403 g/mol. The molecule has 3 heterocycles. The van der Waals surface area contributed by atoms with Crippen molar-refractivity contribution < 1.29 is 17.6 Å². The molecule has 0 amide bonds. The van der Waals surface area contributed by atoms with Gasteiger partial charge in [-0.1, -0.05) is 6.07 Å². The molecule has 1 aliphatic rings. The van der Waals surface area contributed by atoms with Crippen LogP contribution in [0.5, 0.6) is 0 Å². The molecule has 1 saturated heterocycles. The van der Waals surface area contributed by atoms with E-state index in [0.29, 0.717) is 24.3 Å². The fourth-order valence-corrected chi connectivity index (χ4v) is 4.87. The van der Waals surface area contributed by atoms with E-state index >= 15 is 0 Å². The van der Waals surface area contributed by atoms with Crippen LogP contribution in [0.2, 0.25) is 0 Å². The third-order valence-corrected chi connectivity index (χ3v) is 6.57. The van der Waals surface area contributed by atoms with Gasteiger partial charge in [0.25, 0.3) is 0 Å². The fraction of sp³-hybridized carbons (Fsp3) is 0.368. The first-order chi connectivity index (χ1) is 13.5. The molecule has 1 atom stereocenters. The third kappa shape index (κ3) is 3.60. The van der Waals surface area contributed by atoms with Gasteiger partial charge in [0.15, 0.2) is 5.58 Å². The van der Waals surface area contributed by atoms with E-state index < -0.39 is 21.8 Å². The topological polar surface area (TPSA) is 103 Å². The molecular formula is C19H21N3O5S. The Bertz CT molecular complexity index is 1130. The molecule has 28 heavy (non-hydrogen) atoms. The summed E-state index contributed by atoms with van der Waals surface area (Å²) in [5.41, 5.74) is 1.59. The van der Waals surface area contributed by atoms with Crippen molar-refractivity contribution in [1.82, 2.24) is 14.3 Å². The molecule has 1 fully saturated rings. The molecule has 0 radical (unpaired) electrons. The summed E-state index contributed by atoms with van der Waals surface area (Å²) in [4.78, 5) is 15.9. The Balaban J connectivity index is 1.70. The number of rotatable bonds is 5. The van der Waals surface area contributed by atoms with Gasteiger partial charge < -0.3 is 9.15 Å². The van der Waals surface area contributed by atoms with Gasteiger partial charge in [-0.25, -0.2) is 17.9 Å². The lowest BCUT2D eigenvalue weighted by Gasteiger charge is -2.31. The van der Waals surface area contributed by atoms with Gasteiger partial charge >= 0.3 is 5.76 Å². The van der Waals surface area contributed by atoms with Gasteiger partial charge in [0.1, 0.15) is 0 Å². The summed E-state index contributed by atoms with van der Waals surface area (Å²) >= 11 is 0. The van der Waals surface area contributed by atoms with Crippen LogP contribution in [0.25, 0.3) is 11.1 Å². The summed E-state index contributed by atoms with van der Waals surface area (Å²) in [6.07, 6.45) is 4.87. The Morgan fingerprint density at radius 3 is 2.75 bits per heavy atom. The minimum Gasteiger partial charge on any atom is -0.408 e. The second-order valence-electron chi connectivity index (χ2n) is 6.89. The molecule has 3 aromatic rings. The molecule has 148 valence electrons. The molecule has 0 spiro atoms. The van der Waals surface area contributed by atoms with Crippen molar-refractivity contribution in [2.75, 3.05) is 13.2 Å². The van der Waals surface area contributed by atoms with E-state index in [1.165, 1.54) is 22.8 Å². The first kappa shape index (κ1) is 18.9. The standard InChI is InChI=1S/C19H21N3O5S/c1-22-16-11-15(4-5-17(16)27-19(22)23)28(24,25)21-18(13-6-9-26-10-7-13)14-3-2-8-20-12-14/h2-5,8,11-13,18,21H,6-7,9-10H2,1H3/t18-/m0/s1. The average Bonchev–Trinajstić information content (AvgIpc) is 3.01. The van der Waals surface area contributed by atoms with E-state index in [1.54, 1.807) is 25.5 Å². The van der Waals surface area contributed by atoms with Crippen LogP contribution in [0, 0.1) is 5.92 Å². The summed E-state index contributed by atoms with van der Waals surface area (Å²) in [7, 11) is -2.29. The van der Waals surface area contributed by atoms with E-state index in [-0.39, 0.29) is 10.8 Å².